The third kappa shape index (κ3) is 3.38. The van der Waals surface area contributed by atoms with Gasteiger partial charge in [-0.15, -0.1) is 0 Å². The molecule has 1 unspecified atom stereocenters. The summed E-state index contributed by atoms with van der Waals surface area (Å²) in [6.07, 6.45) is 2.93. The van der Waals surface area contributed by atoms with E-state index in [0.717, 1.165) is 6.42 Å². The van der Waals surface area contributed by atoms with Crippen LogP contribution in [-0.4, -0.2) is 12.4 Å². The van der Waals surface area contributed by atoms with Gasteiger partial charge in [-0.2, -0.15) is 0 Å². The summed E-state index contributed by atoms with van der Waals surface area (Å²) in [5.41, 5.74) is 0. The van der Waals surface area contributed by atoms with Gasteiger partial charge in [-0.05, 0) is 24.6 Å². The van der Waals surface area contributed by atoms with Crippen molar-refractivity contribution in [2.24, 2.45) is 0 Å². The molecule has 0 aliphatic carbocycles. The fourth-order valence-electron chi connectivity index (χ4n) is 1.11. The summed E-state index contributed by atoms with van der Waals surface area (Å²) in [5.74, 6) is 0.610. The Morgan fingerprint density at radius 2 is 2.36 bits per heavy atom. The highest BCUT2D eigenvalue weighted by atomic mass is 35.5. The summed E-state index contributed by atoms with van der Waals surface area (Å²) >= 11 is 5.77. The van der Waals surface area contributed by atoms with Gasteiger partial charge in [0, 0.05) is 5.02 Å². The van der Waals surface area contributed by atoms with Crippen LogP contribution in [0.2, 0.25) is 5.02 Å². The van der Waals surface area contributed by atoms with Crippen molar-refractivity contribution in [3.63, 3.8) is 0 Å². The van der Waals surface area contributed by atoms with Crippen LogP contribution >= 0.6 is 11.6 Å². The van der Waals surface area contributed by atoms with Crippen LogP contribution in [-0.2, 0) is 4.79 Å². The van der Waals surface area contributed by atoms with Gasteiger partial charge < -0.3 is 4.74 Å². The van der Waals surface area contributed by atoms with Crippen molar-refractivity contribution >= 4 is 17.9 Å². The summed E-state index contributed by atoms with van der Waals surface area (Å²) in [6, 6.07) is 6.99. The zero-order chi connectivity index (χ0) is 10.4. The van der Waals surface area contributed by atoms with Crippen molar-refractivity contribution in [3.8, 4) is 5.75 Å². The van der Waals surface area contributed by atoms with Crippen molar-refractivity contribution in [2.75, 3.05) is 0 Å². The Morgan fingerprint density at radius 3 is 2.93 bits per heavy atom. The Hall–Kier alpha value is -1.02. The third-order valence-corrected chi connectivity index (χ3v) is 1.99. The number of rotatable bonds is 5. The number of carbonyl (C=O) groups excluding carboxylic acids is 1. The molecule has 14 heavy (non-hydrogen) atoms. The van der Waals surface area contributed by atoms with E-state index in [0.29, 0.717) is 17.2 Å². The molecule has 0 aliphatic rings. The molecular formula is C11H12ClO2. The molecule has 0 fully saturated rings. The van der Waals surface area contributed by atoms with Crippen molar-refractivity contribution in [2.45, 2.75) is 25.9 Å². The minimum atomic E-state index is -0.488. The molecule has 0 N–H and O–H groups in total. The summed E-state index contributed by atoms with van der Waals surface area (Å²) in [4.78, 5) is 10.5. The number of ether oxygens (including phenoxy) is 1. The topological polar surface area (TPSA) is 26.3 Å². The van der Waals surface area contributed by atoms with Gasteiger partial charge in [0.05, 0.1) is 0 Å². The predicted molar refractivity (Wildman–Crippen MR) is 56.5 cm³/mol. The molecule has 75 valence electrons. The van der Waals surface area contributed by atoms with Crippen LogP contribution in [0.5, 0.6) is 5.75 Å². The van der Waals surface area contributed by atoms with E-state index in [1.165, 1.54) is 0 Å². The fraction of sp³-hybridized carbons (Fsp3) is 0.364. The first-order chi connectivity index (χ1) is 6.76. The molecule has 1 aromatic rings. The Morgan fingerprint density at radius 1 is 1.57 bits per heavy atom. The molecule has 1 aromatic carbocycles. The van der Waals surface area contributed by atoms with E-state index < -0.39 is 6.10 Å². The minimum Gasteiger partial charge on any atom is -0.482 e. The van der Waals surface area contributed by atoms with Gasteiger partial charge in [-0.25, -0.2) is 0 Å². The van der Waals surface area contributed by atoms with Gasteiger partial charge in [-0.3, -0.25) is 4.79 Å². The second-order valence-corrected chi connectivity index (χ2v) is 3.41. The van der Waals surface area contributed by atoms with Crippen molar-refractivity contribution < 1.29 is 9.53 Å². The van der Waals surface area contributed by atoms with Crippen LogP contribution < -0.4 is 4.74 Å². The van der Waals surface area contributed by atoms with Gasteiger partial charge in [0.2, 0.25) is 6.29 Å². The highest BCUT2D eigenvalue weighted by molar-refractivity contribution is 6.30. The summed E-state index contributed by atoms with van der Waals surface area (Å²) in [5, 5.41) is 0.601. The van der Waals surface area contributed by atoms with Crippen LogP contribution in [0.3, 0.4) is 0 Å². The van der Waals surface area contributed by atoms with Crippen molar-refractivity contribution in [1.82, 2.24) is 0 Å². The van der Waals surface area contributed by atoms with Crippen LogP contribution in [0.25, 0.3) is 0 Å². The van der Waals surface area contributed by atoms with E-state index in [4.69, 9.17) is 16.3 Å². The maximum Gasteiger partial charge on any atom is 0.242 e. The number of benzene rings is 1. The van der Waals surface area contributed by atoms with Crippen LogP contribution in [0.1, 0.15) is 19.8 Å². The molecule has 0 spiro atoms. The van der Waals surface area contributed by atoms with E-state index in [9.17, 15) is 4.79 Å². The molecule has 0 bridgehead atoms. The van der Waals surface area contributed by atoms with E-state index in [1.54, 1.807) is 24.3 Å². The van der Waals surface area contributed by atoms with Crippen LogP contribution in [0.4, 0.5) is 0 Å². The van der Waals surface area contributed by atoms with E-state index in [2.05, 4.69) is 0 Å². The lowest BCUT2D eigenvalue weighted by molar-refractivity contribution is 0.247. The minimum absolute atomic E-state index is 0.488. The molecule has 3 heteroatoms. The summed E-state index contributed by atoms with van der Waals surface area (Å²) in [7, 11) is 0. The maximum atomic E-state index is 10.5. The monoisotopic (exact) mass is 211 g/mol. The molecular weight excluding hydrogens is 200 g/mol. The predicted octanol–water partition coefficient (Wildman–Crippen LogP) is 3.00. The second kappa shape index (κ2) is 5.66. The van der Waals surface area contributed by atoms with Crippen LogP contribution in [0.15, 0.2) is 24.3 Å². The molecule has 0 saturated heterocycles. The first-order valence-corrected chi connectivity index (χ1v) is 4.94. The lowest BCUT2D eigenvalue weighted by Crippen LogP contribution is -2.17. The highest BCUT2D eigenvalue weighted by Crippen LogP contribution is 2.18. The smallest absolute Gasteiger partial charge is 0.242 e. The second-order valence-electron chi connectivity index (χ2n) is 2.97. The number of halogens is 1. The SMILES string of the molecule is CCCC([C]=O)Oc1cccc(Cl)c1. The molecule has 1 rings (SSSR count). The van der Waals surface area contributed by atoms with Crippen molar-refractivity contribution in [3.05, 3.63) is 29.3 Å². The van der Waals surface area contributed by atoms with Gasteiger partial charge >= 0.3 is 0 Å². The van der Waals surface area contributed by atoms with E-state index in [-0.39, 0.29) is 0 Å². The van der Waals surface area contributed by atoms with Gasteiger partial charge in [0.1, 0.15) is 5.75 Å². The molecule has 1 radical (unpaired) electrons. The Bertz CT molecular complexity index is 299. The summed E-state index contributed by atoms with van der Waals surface area (Å²) in [6.45, 7) is 1.99. The lowest BCUT2D eigenvalue weighted by Gasteiger charge is -2.11. The quantitative estimate of drug-likeness (QED) is 0.749. The largest absolute Gasteiger partial charge is 0.482 e. The van der Waals surface area contributed by atoms with E-state index in [1.807, 2.05) is 13.2 Å². The van der Waals surface area contributed by atoms with Gasteiger partial charge in [0.15, 0.2) is 6.10 Å². The molecule has 0 saturated carbocycles. The molecule has 0 aromatic heterocycles. The molecule has 0 heterocycles. The van der Waals surface area contributed by atoms with Gasteiger partial charge in [0.25, 0.3) is 0 Å². The van der Waals surface area contributed by atoms with Crippen LogP contribution in [0, 0.1) is 0 Å². The maximum absolute atomic E-state index is 10.5. The van der Waals surface area contributed by atoms with E-state index >= 15 is 0 Å². The highest BCUT2D eigenvalue weighted by Gasteiger charge is 2.08. The molecule has 0 amide bonds. The fourth-order valence-corrected chi connectivity index (χ4v) is 1.29. The first-order valence-electron chi connectivity index (χ1n) is 4.56. The Labute approximate surface area is 88.8 Å². The average Bonchev–Trinajstić information content (AvgIpc) is 2.17. The zero-order valence-electron chi connectivity index (χ0n) is 8.00. The van der Waals surface area contributed by atoms with Crippen molar-refractivity contribution in [1.29, 1.82) is 0 Å². The number of hydrogen-bond donors (Lipinski definition) is 0. The first kappa shape index (κ1) is 11.1. The molecule has 1 atom stereocenters. The third-order valence-electron chi connectivity index (χ3n) is 1.76. The lowest BCUT2D eigenvalue weighted by atomic mass is 10.2. The average molecular weight is 212 g/mol. The molecule has 2 nitrogen and oxygen atoms in total. The number of hydrogen-bond acceptors (Lipinski definition) is 2. The molecule has 0 aliphatic heterocycles. The summed E-state index contributed by atoms with van der Waals surface area (Å²) < 4.78 is 5.38. The Kier molecular flexibility index (Phi) is 4.47. The normalized spacial score (nSPS) is 12.1. The zero-order valence-corrected chi connectivity index (χ0v) is 8.75. The Balaban J connectivity index is 2.62. The van der Waals surface area contributed by atoms with Gasteiger partial charge in [-0.1, -0.05) is 31.0 Å². The standard InChI is InChI=1S/C11H12ClO2/c1-2-4-11(8-13)14-10-6-3-5-9(12)7-10/h3,5-7,11H,2,4H2,1H3.